The highest BCUT2D eigenvalue weighted by molar-refractivity contribution is 7.53. The molecular weight excluding hydrogens is 267 g/mol. The fourth-order valence-corrected chi connectivity index (χ4v) is 3.15. The fourth-order valence-electron chi connectivity index (χ4n) is 1.99. The van der Waals surface area contributed by atoms with Gasteiger partial charge in [-0.2, -0.15) is 0 Å². The van der Waals surface area contributed by atoms with Crippen molar-refractivity contribution in [3.8, 4) is 0 Å². The SMILES string of the molecule is O=P(O)(O)C1(c2ncc[nH]2)O[C@H](CO)[C@@H](O)[C@H]1O. The van der Waals surface area contributed by atoms with Gasteiger partial charge in [0.2, 0.25) is 0 Å². The molecule has 0 aromatic carbocycles. The molecule has 1 aliphatic rings. The minimum atomic E-state index is -5.01. The second-order valence-corrected chi connectivity index (χ2v) is 5.70. The smallest absolute Gasteiger partial charge is 0.367 e. The number of nitrogens with zero attached hydrogens (tertiary/aromatic N) is 1. The molecule has 18 heavy (non-hydrogen) atoms. The first kappa shape index (κ1) is 13.6. The monoisotopic (exact) mass is 280 g/mol. The largest absolute Gasteiger partial charge is 0.394 e. The van der Waals surface area contributed by atoms with Gasteiger partial charge in [-0.15, -0.1) is 0 Å². The Labute approximate surface area is 101 Å². The standard InChI is InChI=1S/C8H13N2O7P/c11-3-4-5(12)6(13)8(17-4,18(14,15)16)7-9-1-2-10-7/h1-2,4-6,11-13H,3H2,(H,9,10)(H2,14,15,16)/t4-,5-,6-,8?/m1/s1. The van der Waals surface area contributed by atoms with Crippen molar-refractivity contribution in [2.75, 3.05) is 6.61 Å². The number of hydrogen-bond donors (Lipinski definition) is 6. The molecule has 1 fully saturated rings. The summed E-state index contributed by atoms with van der Waals surface area (Å²) in [6.45, 7) is -0.694. The van der Waals surface area contributed by atoms with E-state index in [4.69, 9.17) is 9.84 Å². The minimum Gasteiger partial charge on any atom is -0.394 e. The summed E-state index contributed by atoms with van der Waals surface area (Å²) in [6.07, 6.45) is -2.34. The van der Waals surface area contributed by atoms with Gasteiger partial charge in [-0.05, 0) is 0 Å². The highest BCUT2D eigenvalue weighted by atomic mass is 31.2. The van der Waals surface area contributed by atoms with E-state index < -0.39 is 37.9 Å². The first-order chi connectivity index (χ1) is 8.34. The van der Waals surface area contributed by atoms with E-state index in [-0.39, 0.29) is 5.82 Å². The number of aromatic amines is 1. The Balaban J connectivity index is 2.56. The Morgan fingerprint density at radius 3 is 2.56 bits per heavy atom. The van der Waals surface area contributed by atoms with Gasteiger partial charge in [-0.25, -0.2) is 4.98 Å². The lowest BCUT2D eigenvalue weighted by Crippen LogP contribution is -2.41. The fraction of sp³-hybridized carbons (Fsp3) is 0.625. The van der Waals surface area contributed by atoms with Crippen molar-refractivity contribution < 1.29 is 34.4 Å². The second-order valence-electron chi connectivity index (χ2n) is 3.95. The maximum Gasteiger partial charge on any atom is 0.367 e. The lowest BCUT2D eigenvalue weighted by molar-refractivity contribution is -0.0618. The number of ether oxygens (including phenoxy) is 1. The molecule has 1 unspecified atom stereocenters. The molecule has 0 saturated carbocycles. The summed E-state index contributed by atoms with van der Waals surface area (Å²) in [5, 5.41) is 26.0. The molecule has 0 spiro atoms. The maximum absolute atomic E-state index is 11.6. The molecule has 4 atom stereocenters. The van der Waals surface area contributed by atoms with Crippen LogP contribution in [0.5, 0.6) is 0 Å². The van der Waals surface area contributed by atoms with Crippen molar-refractivity contribution in [2.24, 2.45) is 0 Å². The molecule has 9 nitrogen and oxygen atoms in total. The molecule has 0 bridgehead atoms. The van der Waals surface area contributed by atoms with Crippen LogP contribution in [0.4, 0.5) is 0 Å². The van der Waals surface area contributed by atoms with E-state index in [2.05, 4.69) is 9.97 Å². The average molecular weight is 280 g/mol. The number of H-pyrrole nitrogens is 1. The predicted molar refractivity (Wildman–Crippen MR) is 56.3 cm³/mol. The lowest BCUT2D eigenvalue weighted by Gasteiger charge is -2.30. The zero-order valence-corrected chi connectivity index (χ0v) is 9.94. The number of aromatic nitrogens is 2. The molecule has 0 aliphatic carbocycles. The third-order valence-corrected chi connectivity index (χ3v) is 4.33. The quantitative estimate of drug-likeness (QED) is 0.342. The summed E-state index contributed by atoms with van der Waals surface area (Å²) in [5.41, 5.74) is 0. The summed E-state index contributed by atoms with van der Waals surface area (Å²) in [6, 6.07) is 0. The summed E-state index contributed by atoms with van der Waals surface area (Å²) in [7, 11) is -5.01. The van der Waals surface area contributed by atoms with Gasteiger partial charge < -0.3 is 34.8 Å². The molecule has 10 heteroatoms. The van der Waals surface area contributed by atoms with Crippen LogP contribution < -0.4 is 0 Å². The van der Waals surface area contributed by atoms with E-state index in [1.165, 1.54) is 12.4 Å². The molecule has 1 aromatic heterocycles. The minimum absolute atomic E-state index is 0.307. The Bertz CT molecular complexity index is 460. The van der Waals surface area contributed by atoms with Crippen molar-refractivity contribution in [3.63, 3.8) is 0 Å². The molecule has 102 valence electrons. The number of nitrogens with one attached hydrogen (secondary N) is 1. The van der Waals surface area contributed by atoms with E-state index in [1.54, 1.807) is 0 Å². The van der Waals surface area contributed by atoms with Gasteiger partial charge in [0.1, 0.15) is 18.3 Å². The van der Waals surface area contributed by atoms with Crippen LogP contribution in [0.1, 0.15) is 5.82 Å². The van der Waals surface area contributed by atoms with E-state index >= 15 is 0 Å². The van der Waals surface area contributed by atoms with E-state index in [0.717, 1.165) is 0 Å². The summed E-state index contributed by atoms with van der Waals surface area (Å²) < 4.78 is 16.7. The second kappa shape index (κ2) is 4.39. The van der Waals surface area contributed by atoms with Crippen LogP contribution in [0.3, 0.4) is 0 Å². The molecule has 0 amide bonds. The number of imidazole rings is 1. The van der Waals surface area contributed by atoms with Gasteiger partial charge in [0, 0.05) is 12.4 Å². The van der Waals surface area contributed by atoms with E-state index in [1.807, 2.05) is 0 Å². The molecule has 6 N–H and O–H groups in total. The Morgan fingerprint density at radius 1 is 1.50 bits per heavy atom. The van der Waals surface area contributed by atoms with Gasteiger partial charge in [0.05, 0.1) is 6.61 Å². The van der Waals surface area contributed by atoms with Crippen LogP contribution in [-0.2, 0) is 14.6 Å². The van der Waals surface area contributed by atoms with Crippen LogP contribution >= 0.6 is 7.60 Å². The normalized spacial score (nSPS) is 37.1. The van der Waals surface area contributed by atoms with Crippen molar-refractivity contribution in [2.45, 2.75) is 23.7 Å². The number of rotatable bonds is 3. The van der Waals surface area contributed by atoms with Crippen molar-refractivity contribution in [3.05, 3.63) is 18.2 Å². The van der Waals surface area contributed by atoms with Crippen molar-refractivity contribution >= 4 is 7.60 Å². The first-order valence-electron chi connectivity index (χ1n) is 5.05. The Hall–Kier alpha value is -0.800. The van der Waals surface area contributed by atoms with Crippen LogP contribution in [0.2, 0.25) is 0 Å². The molecule has 1 saturated heterocycles. The third kappa shape index (κ3) is 1.72. The molecule has 2 heterocycles. The van der Waals surface area contributed by atoms with Gasteiger partial charge in [0.25, 0.3) is 5.34 Å². The van der Waals surface area contributed by atoms with Crippen LogP contribution in [0.25, 0.3) is 0 Å². The highest BCUT2D eigenvalue weighted by Gasteiger charge is 2.66. The predicted octanol–water partition coefficient (Wildman–Crippen LogP) is -2.15. The van der Waals surface area contributed by atoms with Gasteiger partial charge in [0.15, 0.2) is 5.82 Å². The average Bonchev–Trinajstić information content (AvgIpc) is 2.88. The van der Waals surface area contributed by atoms with Gasteiger partial charge in [-0.1, -0.05) is 0 Å². The van der Waals surface area contributed by atoms with Crippen LogP contribution in [-0.4, -0.2) is 60.0 Å². The highest BCUT2D eigenvalue weighted by Crippen LogP contribution is 2.62. The first-order valence-corrected chi connectivity index (χ1v) is 6.66. The molecule has 1 aromatic rings. The molecule has 0 radical (unpaired) electrons. The van der Waals surface area contributed by atoms with Crippen molar-refractivity contribution in [1.82, 2.24) is 9.97 Å². The summed E-state index contributed by atoms with van der Waals surface area (Å²) >= 11 is 0. The summed E-state index contributed by atoms with van der Waals surface area (Å²) in [4.78, 5) is 24.9. The van der Waals surface area contributed by atoms with Crippen molar-refractivity contribution in [1.29, 1.82) is 0 Å². The Morgan fingerprint density at radius 2 is 2.17 bits per heavy atom. The number of hydrogen-bond acceptors (Lipinski definition) is 6. The molecule has 1 aliphatic heterocycles. The third-order valence-electron chi connectivity index (χ3n) is 2.89. The zero-order chi connectivity index (χ0) is 13.6. The van der Waals surface area contributed by atoms with E-state index in [0.29, 0.717) is 0 Å². The molecular formula is C8H13N2O7P. The maximum atomic E-state index is 11.6. The Kier molecular flexibility index (Phi) is 3.32. The molecule has 2 rings (SSSR count). The van der Waals surface area contributed by atoms with Crippen LogP contribution in [0, 0.1) is 0 Å². The summed E-state index contributed by atoms with van der Waals surface area (Å²) in [5.74, 6) is -0.307. The van der Waals surface area contributed by atoms with Gasteiger partial charge >= 0.3 is 7.60 Å². The topological polar surface area (TPSA) is 156 Å². The van der Waals surface area contributed by atoms with Crippen LogP contribution in [0.15, 0.2) is 12.4 Å². The number of aliphatic hydroxyl groups excluding tert-OH is 3. The zero-order valence-electron chi connectivity index (χ0n) is 9.04. The van der Waals surface area contributed by atoms with E-state index in [9.17, 15) is 24.6 Å². The van der Waals surface area contributed by atoms with Gasteiger partial charge in [-0.3, -0.25) is 4.57 Å². The lowest BCUT2D eigenvalue weighted by atomic mass is 10.1. The number of aliphatic hydroxyl groups is 3.